The number of methoxy groups -OCH3 is 1. The number of esters is 1. The van der Waals surface area contributed by atoms with Gasteiger partial charge in [0.2, 0.25) is 0 Å². The number of pyridine rings is 1. The third-order valence-corrected chi connectivity index (χ3v) is 4.47. The zero-order valence-electron chi connectivity index (χ0n) is 16.4. The SMILES string of the molecule is COC(=O)c1ccc(C(Cc2cccnc2)NC(=O)NC(=O)c2ccccc2)cc1. The Hall–Kier alpha value is -4.00. The molecule has 3 amide bonds. The molecule has 2 N–H and O–H groups in total. The zero-order valence-corrected chi connectivity index (χ0v) is 16.4. The van der Waals surface area contributed by atoms with E-state index in [0.29, 0.717) is 17.5 Å². The molecule has 152 valence electrons. The molecule has 3 rings (SSSR count). The molecule has 1 unspecified atom stereocenters. The summed E-state index contributed by atoms with van der Waals surface area (Å²) in [7, 11) is 1.32. The zero-order chi connectivity index (χ0) is 21.3. The molecule has 1 aromatic heterocycles. The number of ether oxygens (including phenoxy) is 1. The topological polar surface area (TPSA) is 97.4 Å². The summed E-state index contributed by atoms with van der Waals surface area (Å²) in [6.07, 6.45) is 3.84. The number of nitrogens with zero attached hydrogens (tertiary/aromatic N) is 1. The lowest BCUT2D eigenvalue weighted by Gasteiger charge is -2.20. The number of carbonyl (C=O) groups is 3. The van der Waals surface area contributed by atoms with Crippen LogP contribution >= 0.6 is 0 Å². The van der Waals surface area contributed by atoms with Gasteiger partial charge in [-0.25, -0.2) is 9.59 Å². The molecule has 0 radical (unpaired) electrons. The van der Waals surface area contributed by atoms with Crippen molar-refractivity contribution >= 4 is 17.9 Å². The fourth-order valence-electron chi connectivity index (χ4n) is 2.94. The quantitative estimate of drug-likeness (QED) is 0.616. The van der Waals surface area contributed by atoms with Crippen molar-refractivity contribution in [3.8, 4) is 0 Å². The van der Waals surface area contributed by atoms with E-state index in [1.807, 2.05) is 12.1 Å². The molecule has 1 atom stereocenters. The van der Waals surface area contributed by atoms with E-state index in [1.54, 1.807) is 67.0 Å². The van der Waals surface area contributed by atoms with Crippen LogP contribution in [0.2, 0.25) is 0 Å². The second-order valence-corrected chi connectivity index (χ2v) is 6.53. The van der Waals surface area contributed by atoms with E-state index in [2.05, 4.69) is 15.6 Å². The molecule has 3 aromatic rings. The van der Waals surface area contributed by atoms with Crippen molar-refractivity contribution in [3.63, 3.8) is 0 Å². The lowest BCUT2D eigenvalue weighted by molar-refractivity contribution is 0.0600. The van der Waals surface area contributed by atoms with Crippen LogP contribution in [-0.4, -0.2) is 30.0 Å². The number of hydrogen-bond acceptors (Lipinski definition) is 5. The highest BCUT2D eigenvalue weighted by Gasteiger charge is 2.18. The van der Waals surface area contributed by atoms with Gasteiger partial charge < -0.3 is 10.1 Å². The van der Waals surface area contributed by atoms with E-state index in [9.17, 15) is 14.4 Å². The third-order valence-electron chi connectivity index (χ3n) is 4.47. The first-order valence-electron chi connectivity index (χ1n) is 9.31. The van der Waals surface area contributed by atoms with Crippen molar-refractivity contribution in [1.29, 1.82) is 0 Å². The van der Waals surface area contributed by atoms with Gasteiger partial charge in [-0.15, -0.1) is 0 Å². The molecule has 30 heavy (non-hydrogen) atoms. The maximum Gasteiger partial charge on any atom is 0.337 e. The molecule has 0 aliphatic carbocycles. The highest BCUT2D eigenvalue weighted by Crippen LogP contribution is 2.19. The van der Waals surface area contributed by atoms with Gasteiger partial charge in [0.25, 0.3) is 5.91 Å². The Morgan fingerprint density at radius 2 is 1.67 bits per heavy atom. The molecule has 2 aromatic carbocycles. The average molecular weight is 403 g/mol. The number of carbonyl (C=O) groups excluding carboxylic acids is 3. The van der Waals surface area contributed by atoms with E-state index in [-0.39, 0.29) is 0 Å². The molecule has 0 aliphatic heterocycles. The summed E-state index contributed by atoms with van der Waals surface area (Å²) in [5, 5.41) is 5.17. The number of benzene rings is 2. The summed E-state index contributed by atoms with van der Waals surface area (Å²) in [5.74, 6) is -0.932. The Balaban J connectivity index is 1.76. The molecule has 0 saturated heterocycles. The van der Waals surface area contributed by atoms with Crippen molar-refractivity contribution in [2.75, 3.05) is 7.11 Å². The van der Waals surface area contributed by atoms with Crippen LogP contribution < -0.4 is 10.6 Å². The van der Waals surface area contributed by atoms with Crippen LogP contribution in [0.15, 0.2) is 79.1 Å². The predicted octanol–water partition coefficient (Wildman–Crippen LogP) is 3.29. The summed E-state index contributed by atoms with van der Waals surface area (Å²) >= 11 is 0. The van der Waals surface area contributed by atoms with Gasteiger partial charge in [-0.05, 0) is 47.9 Å². The number of rotatable bonds is 6. The van der Waals surface area contributed by atoms with Crippen LogP contribution in [0.1, 0.15) is 37.9 Å². The van der Waals surface area contributed by atoms with E-state index in [4.69, 9.17) is 4.74 Å². The third kappa shape index (κ3) is 5.51. The smallest absolute Gasteiger partial charge is 0.337 e. The number of aromatic nitrogens is 1. The fourth-order valence-corrected chi connectivity index (χ4v) is 2.94. The van der Waals surface area contributed by atoms with Crippen molar-refractivity contribution in [1.82, 2.24) is 15.6 Å². The number of hydrogen-bond donors (Lipinski definition) is 2. The summed E-state index contributed by atoms with van der Waals surface area (Å²) in [5.41, 5.74) is 2.48. The second kappa shape index (κ2) is 9.97. The molecule has 0 fully saturated rings. The van der Waals surface area contributed by atoms with Crippen LogP contribution in [0.4, 0.5) is 4.79 Å². The minimum absolute atomic E-state index is 0.388. The summed E-state index contributed by atoms with van der Waals surface area (Å²) in [6, 6.07) is 17.9. The molecular formula is C23H21N3O4. The Labute approximate surface area is 174 Å². The highest BCUT2D eigenvalue weighted by molar-refractivity contribution is 6.04. The standard InChI is InChI=1S/C23H21N3O4/c1-30-22(28)19-11-9-17(10-12-19)20(14-16-6-5-13-24-15-16)25-23(29)26-21(27)18-7-3-2-4-8-18/h2-13,15,20H,14H2,1H3,(H2,25,26,27,29). The van der Waals surface area contributed by atoms with Gasteiger partial charge in [-0.1, -0.05) is 36.4 Å². The first-order valence-corrected chi connectivity index (χ1v) is 9.31. The Morgan fingerprint density at radius 3 is 2.30 bits per heavy atom. The first-order chi connectivity index (χ1) is 14.6. The molecule has 0 bridgehead atoms. The van der Waals surface area contributed by atoms with Gasteiger partial charge in [0, 0.05) is 18.0 Å². The van der Waals surface area contributed by atoms with Crippen molar-refractivity contribution in [3.05, 3.63) is 101 Å². The molecule has 0 aliphatic rings. The maximum absolute atomic E-state index is 12.5. The van der Waals surface area contributed by atoms with E-state index in [0.717, 1.165) is 11.1 Å². The van der Waals surface area contributed by atoms with E-state index in [1.165, 1.54) is 7.11 Å². The first kappa shape index (κ1) is 20.7. The summed E-state index contributed by atoms with van der Waals surface area (Å²) < 4.78 is 4.72. The van der Waals surface area contributed by atoms with Crippen LogP contribution in [0.25, 0.3) is 0 Å². The molecule has 7 nitrogen and oxygen atoms in total. The monoisotopic (exact) mass is 403 g/mol. The van der Waals surface area contributed by atoms with Crippen molar-refractivity contribution in [2.45, 2.75) is 12.5 Å². The predicted molar refractivity (Wildman–Crippen MR) is 111 cm³/mol. The Bertz CT molecular complexity index is 1010. The number of amides is 3. The lowest BCUT2D eigenvalue weighted by Crippen LogP contribution is -2.41. The normalized spacial score (nSPS) is 11.2. The maximum atomic E-state index is 12.5. The van der Waals surface area contributed by atoms with Gasteiger partial charge in [-0.3, -0.25) is 15.1 Å². The number of nitrogens with one attached hydrogen (secondary N) is 2. The highest BCUT2D eigenvalue weighted by atomic mass is 16.5. The Morgan fingerprint density at radius 1 is 0.933 bits per heavy atom. The van der Waals surface area contributed by atoms with Gasteiger partial charge >= 0.3 is 12.0 Å². The minimum atomic E-state index is -0.616. The summed E-state index contributed by atoms with van der Waals surface area (Å²) in [6.45, 7) is 0. The molecule has 0 saturated carbocycles. The summed E-state index contributed by atoms with van der Waals surface area (Å²) in [4.78, 5) is 40.5. The van der Waals surface area contributed by atoms with E-state index >= 15 is 0 Å². The van der Waals surface area contributed by atoms with Gasteiger partial charge in [0.05, 0.1) is 18.7 Å². The second-order valence-electron chi connectivity index (χ2n) is 6.53. The molecular weight excluding hydrogens is 382 g/mol. The van der Waals surface area contributed by atoms with Crippen molar-refractivity contribution in [2.24, 2.45) is 0 Å². The van der Waals surface area contributed by atoms with Crippen LogP contribution in [-0.2, 0) is 11.2 Å². The van der Waals surface area contributed by atoms with Crippen molar-refractivity contribution < 1.29 is 19.1 Å². The van der Waals surface area contributed by atoms with Crippen LogP contribution in [0.3, 0.4) is 0 Å². The average Bonchev–Trinajstić information content (AvgIpc) is 2.79. The van der Waals surface area contributed by atoms with Gasteiger partial charge in [0.15, 0.2) is 0 Å². The van der Waals surface area contributed by atoms with Crippen LogP contribution in [0.5, 0.6) is 0 Å². The largest absolute Gasteiger partial charge is 0.465 e. The van der Waals surface area contributed by atoms with Crippen LogP contribution in [0, 0.1) is 0 Å². The van der Waals surface area contributed by atoms with Gasteiger partial charge in [-0.2, -0.15) is 0 Å². The Kier molecular flexibility index (Phi) is 6.89. The molecule has 1 heterocycles. The van der Waals surface area contributed by atoms with Gasteiger partial charge in [0.1, 0.15) is 0 Å². The minimum Gasteiger partial charge on any atom is -0.465 e. The molecule has 0 spiro atoms. The fraction of sp³-hybridized carbons (Fsp3) is 0.130. The number of urea groups is 1. The van der Waals surface area contributed by atoms with E-state index < -0.39 is 23.9 Å². The lowest BCUT2D eigenvalue weighted by atomic mass is 9.99. The number of imide groups is 1. The molecule has 7 heteroatoms.